The topological polar surface area (TPSA) is 56.0 Å². The first-order chi connectivity index (χ1) is 7.70. The highest BCUT2D eigenvalue weighted by Crippen LogP contribution is 2.33. The van der Waals surface area contributed by atoms with Crippen molar-refractivity contribution in [3.63, 3.8) is 0 Å². The number of aliphatic hydroxyl groups excluding tert-OH is 1. The largest absolute Gasteiger partial charge is 0.384 e. The van der Waals surface area contributed by atoms with Crippen molar-refractivity contribution >= 4 is 10.9 Å². The molecule has 0 amide bonds. The molecule has 1 heterocycles. The second-order valence-corrected chi connectivity index (χ2v) is 5.68. The van der Waals surface area contributed by atoms with E-state index in [-0.39, 0.29) is 0 Å². The Morgan fingerprint density at radius 2 is 2.12 bits per heavy atom. The van der Waals surface area contributed by atoms with Crippen LogP contribution in [0.15, 0.2) is 46.8 Å². The second-order valence-electron chi connectivity index (χ2n) is 3.62. The summed E-state index contributed by atoms with van der Waals surface area (Å²) in [5.41, 5.74) is 0. The summed E-state index contributed by atoms with van der Waals surface area (Å²) < 4.78 is 0. The molecule has 0 saturated carbocycles. The van der Waals surface area contributed by atoms with Crippen molar-refractivity contribution in [3.05, 3.63) is 41.9 Å². The molecule has 0 fully saturated rings. The van der Waals surface area contributed by atoms with Crippen LogP contribution in [0.1, 0.15) is 6.92 Å². The molecule has 2 N–H and O–H groups in total. The number of aliphatic hydroxyl groups is 1. The summed E-state index contributed by atoms with van der Waals surface area (Å²) in [7, 11) is -0.420. The number of rotatable bonds is 2. The predicted molar refractivity (Wildman–Crippen MR) is 64.4 cm³/mol. The molecule has 1 aromatic rings. The summed E-state index contributed by atoms with van der Waals surface area (Å²) in [5.74, 6) is 0. The van der Waals surface area contributed by atoms with E-state index in [1.807, 2.05) is 35.7 Å². The summed E-state index contributed by atoms with van der Waals surface area (Å²) >= 11 is 0. The Kier molecular flexibility index (Phi) is 2.90. The van der Waals surface area contributed by atoms with E-state index in [0.717, 1.165) is 4.90 Å². The Balaban J connectivity index is 2.42. The van der Waals surface area contributed by atoms with E-state index in [9.17, 15) is 10.4 Å². The molecule has 0 spiro atoms. The van der Waals surface area contributed by atoms with Gasteiger partial charge in [0, 0.05) is 0 Å². The molecule has 1 aromatic carbocycles. The molecule has 1 aliphatic heterocycles. The van der Waals surface area contributed by atoms with Crippen LogP contribution in [0.5, 0.6) is 0 Å². The minimum Gasteiger partial charge on any atom is -0.384 e. The predicted octanol–water partition coefficient (Wildman–Crippen LogP) is 1.34. The quantitative estimate of drug-likeness (QED) is 0.758. The average molecular weight is 233 g/mol. The Labute approximate surface area is 97.8 Å². The average Bonchev–Trinajstić information content (AvgIpc) is 2.75. The molecule has 0 radical (unpaired) electrons. The van der Waals surface area contributed by atoms with Gasteiger partial charge in [0.05, 0.1) is 6.20 Å². The fourth-order valence-corrected chi connectivity index (χ4v) is 3.77. The molecule has 0 aliphatic carbocycles. The molecule has 3 unspecified atom stereocenters. The summed E-state index contributed by atoms with van der Waals surface area (Å²) in [6.45, 7) is 1.64. The number of nitrogens with zero attached hydrogens (tertiary/aromatic N) is 1. The van der Waals surface area contributed by atoms with E-state index in [4.69, 9.17) is 0 Å². The molecule has 0 saturated heterocycles. The van der Waals surface area contributed by atoms with Crippen molar-refractivity contribution < 1.29 is 5.11 Å². The van der Waals surface area contributed by atoms with Crippen molar-refractivity contribution in [1.82, 2.24) is 5.32 Å². The molecular weight excluding hydrogens is 220 g/mol. The molecular formula is C12H13N2OS+. The maximum atomic E-state index is 9.82. The van der Waals surface area contributed by atoms with Gasteiger partial charge in [-0.2, -0.15) is 5.26 Å². The molecule has 16 heavy (non-hydrogen) atoms. The van der Waals surface area contributed by atoms with Gasteiger partial charge in [0.1, 0.15) is 22.4 Å². The van der Waals surface area contributed by atoms with E-state index >= 15 is 0 Å². The zero-order chi connectivity index (χ0) is 11.6. The maximum absolute atomic E-state index is 9.82. The zero-order valence-corrected chi connectivity index (χ0v) is 9.74. The van der Waals surface area contributed by atoms with Crippen molar-refractivity contribution in [1.29, 1.82) is 5.26 Å². The molecule has 4 heteroatoms. The van der Waals surface area contributed by atoms with Gasteiger partial charge in [-0.15, -0.1) is 0 Å². The van der Waals surface area contributed by atoms with Crippen LogP contribution in [-0.4, -0.2) is 16.1 Å². The lowest BCUT2D eigenvalue weighted by molar-refractivity contribution is 0.159. The Hall–Kier alpha value is -1.44. The fraction of sp³-hybridized carbons (Fsp3) is 0.250. The summed E-state index contributed by atoms with van der Waals surface area (Å²) in [6.07, 6.45) is 1.03. The van der Waals surface area contributed by atoms with E-state index in [1.54, 1.807) is 13.1 Å². The minimum atomic E-state index is -0.915. The SMILES string of the molecule is CC(O)C1(C#N)NC=C[S+]1c1ccccc1. The van der Waals surface area contributed by atoms with Gasteiger partial charge in [0.2, 0.25) is 0 Å². The van der Waals surface area contributed by atoms with Crippen molar-refractivity contribution in [2.75, 3.05) is 0 Å². The lowest BCUT2D eigenvalue weighted by Crippen LogP contribution is -2.52. The number of hydrogen-bond donors (Lipinski definition) is 2. The van der Waals surface area contributed by atoms with Gasteiger partial charge in [0.25, 0.3) is 0 Å². The Morgan fingerprint density at radius 1 is 1.44 bits per heavy atom. The van der Waals surface area contributed by atoms with E-state index in [1.165, 1.54) is 0 Å². The van der Waals surface area contributed by atoms with Crippen LogP contribution in [-0.2, 0) is 10.9 Å². The van der Waals surface area contributed by atoms with Gasteiger partial charge in [-0.1, -0.05) is 18.2 Å². The molecule has 0 bridgehead atoms. The summed E-state index contributed by atoms with van der Waals surface area (Å²) in [5, 5.41) is 24.1. The molecule has 3 nitrogen and oxygen atoms in total. The van der Waals surface area contributed by atoms with E-state index < -0.39 is 21.9 Å². The molecule has 82 valence electrons. The van der Waals surface area contributed by atoms with E-state index in [2.05, 4.69) is 11.4 Å². The molecule has 0 aromatic heterocycles. The number of benzene rings is 1. The van der Waals surface area contributed by atoms with Crippen LogP contribution in [0.25, 0.3) is 0 Å². The smallest absolute Gasteiger partial charge is 0.320 e. The van der Waals surface area contributed by atoms with Crippen LogP contribution < -0.4 is 5.32 Å². The lowest BCUT2D eigenvalue weighted by Gasteiger charge is -2.22. The van der Waals surface area contributed by atoms with Gasteiger partial charge in [0.15, 0.2) is 11.0 Å². The number of nitrogens with one attached hydrogen (secondary N) is 1. The van der Waals surface area contributed by atoms with Crippen LogP contribution in [0.3, 0.4) is 0 Å². The van der Waals surface area contributed by atoms with Crippen molar-refractivity contribution in [3.8, 4) is 6.07 Å². The monoisotopic (exact) mass is 233 g/mol. The first-order valence-electron chi connectivity index (χ1n) is 5.02. The van der Waals surface area contributed by atoms with Gasteiger partial charge in [-0.05, 0) is 19.1 Å². The van der Waals surface area contributed by atoms with Gasteiger partial charge in [-0.3, -0.25) is 0 Å². The van der Waals surface area contributed by atoms with Gasteiger partial charge < -0.3 is 10.4 Å². The standard InChI is InChI=1S/C12H13N2OS/c1-10(15)12(9-13)14-7-8-16(12)11-5-3-2-4-6-11/h2-8,10,14-15H,1H3/q+1. The maximum Gasteiger partial charge on any atom is 0.320 e. The highest BCUT2D eigenvalue weighted by molar-refractivity contribution is 8.01. The molecule has 3 atom stereocenters. The first kappa shape index (κ1) is 11.1. The van der Waals surface area contributed by atoms with Crippen molar-refractivity contribution in [2.24, 2.45) is 0 Å². The minimum absolute atomic E-state index is 0.420. The third kappa shape index (κ3) is 1.58. The Bertz CT molecular complexity index is 438. The second kappa shape index (κ2) is 4.20. The van der Waals surface area contributed by atoms with Crippen LogP contribution in [0.4, 0.5) is 0 Å². The summed E-state index contributed by atoms with van der Waals surface area (Å²) in [4.78, 5) is 0.146. The highest BCUT2D eigenvalue weighted by atomic mass is 32.2. The van der Waals surface area contributed by atoms with Crippen LogP contribution >= 0.6 is 0 Å². The third-order valence-corrected chi connectivity index (χ3v) is 5.03. The molecule has 1 aliphatic rings. The highest BCUT2D eigenvalue weighted by Gasteiger charge is 2.55. The number of nitriles is 1. The van der Waals surface area contributed by atoms with Crippen LogP contribution in [0.2, 0.25) is 0 Å². The fourth-order valence-electron chi connectivity index (χ4n) is 1.71. The third-order valence-electron chi connectivity index (χ3n) is 2.60. The van der Waals surface area contributed by atoms with Gasteiger partial charge >= 0.3 is 4.87 Å². The number of hydrogen-bond acceptors (Lipinski definition) is 3. The summed E-state index contributed by atoms with van der Waals surface area (Å²) in [6, 6.07) is 12.0. The van der Waals surface area contributed by atoms with Crippen LogP contribution in [0, 0.1) is 11.3 Å². The molecule has 2 rings (SSSR count). The van der Waals surface area contributed by atoms with Crippen molar-refractivity contribution in [2.45, 2.75) is 22.8 Å². The Morgan fingerprint density at radius 3 is 2.69 bits per heavy atom. The van der Waals surface area contributed by atoms with E-state index in [0.29, 0.717) is 0 Å². The first-order valence-corrected chi connectivity index (χ1v) is 6.31. The zero-order valence-electron chi connectivity index (χ0n) is 8.92. The normalized spacial score (nSPS) is 29.4. The lowest BCUT2D eigenvalue weighted by atomic mass is 10.2. The van der Waals surface area contributed by atoms with Gasteiger partial charge in [-0.25, -0.2) is 0 Å².